The zero-order valence-corrected chi connectivity index (χ0v) is 23.9. The lowest BCUT2D eigenvalue weighted by molar-refractivity contribution is -0.145. The Kier molecular flexibility index (Phi) is 9.09. The molecule has 2 amide bonds. The van der Waals surface area contributed by atoms with Gasteiger partial charge in [-0.2, -0.15) is 0 Å². The van der Waals surface area contributed by atoms with Gasteiger partial charge in [0.25, 0.3) is 0 Å². The second-order valence-electron chi connectivity index (χ2n) is 12.6. The van der Waals surface area contributed by atoms with Crippen molar-refractivity contribution < 1.29 is 38.1 Å². The van der Waals surface area contributed by atoms with Crippen molar-refractivity contribution in [3.8, 4) is 0 Å². The lowest BCUT2D eigenvalue weighted by atomic mass is 9.93. The number of hydrogen-bond acceptors (Lipinski definition) is 8. The smallest absolute Gasteiger partial charge is 0.240 e. The molecule has 0 aromatic heterocycles. The Bertz CT molecular complexity index is 1140. The van der Waals surface area contributed by atoms with Crippen molar-refractivity contribution in [1.82, 2.24) is 20.0 Å². The number of nitrogens with zero attached hydrogens (tertiary/aromatic N) is 3. The molecule has 0 spiro atoms. The number of carbonyl (C=O) groups excluding carboxylic acids is 2. The summed E-state index contributed by atoms with van der Waals surface area (Å²) in [6.07, 6.45) is 1.42. The standard InChI is InChI=1S/C30H42F2N4O6/c31-22-7-6-18(10-23(22)32)13-34-15-21-16-35(8-9-41-21)30(40)24-11-19(14-36(24)20-4-2-1-3-5-20)33-27(37)12-25-28(38)29(39)26(17-34)42-25/h6-7,10,19-21,24-26,28-29,38-39H,1-5,8-9,11-17H2,(H,33,37)/t19-,21+,24-,25-,26+,28-,29+/m0/s1. The van der Waals surface area contributed by atoms with E-state index in [-0.39, 0.29) is 49.5 Å². The topological polar surface area (TPSA) is 115 Å². The third kappa shape index (κ3) is 6.48. The molecule has 1 aliphatic carbocycles. The molecule has 1 saturated carbocycles. The summed E-state index contributed by atoms with van der Waals surface area (Å²) in [6.45, 7) is 2.52. The van der Waals surface area contributed by atoms with Gasteiger partial charge in [0.05, 0.1) is 37.4 Å². The van der Waals surface area contributed by atoms with E-state index < -0.39 is 36.1 Å². The Labute approximate surface area is 244 Å². The van der Waals surface area contributed by atoms with Crippen LogP contribution in [0.25, 0.3) is 0 Å². The highest BCUT2D eigenvalue weighted by Crippen LogP contribution is 2.32. The molecule has 0 radical (unpaired) electrons. The third-order valence-corrected chi connectivity index (χ3v) is 9.62. The molecule has 1 aromatic carbocycles. The molecular formula is C30H42F2N4O6. The highest BCUT2D eigenvalue weighted by atomic mass is 19.2. The molecule has 4 heterocycles. The fourth-order valence-corrected chi connectivity index (χ4v) is 7.52. The molecule has 4 saturated heterocycles. The van der Waals surface area contributed by atoms with E-state index in [2.05, 4.69) is 10.2 Å². The van der Waals surface area contributed by atoms with E-state index in [0.29, 0.717) is 50.8 Å². The number of aliphatic hydroxyl groups excluding tert-OH is 2. The second-order valence-corrected chi connectivity index (χ2v) is 12.6. The normalized spacial score (nSPS) is 35.9. The number of morpholine rings is 1. The summed E-state index contributed by atoms with van der Waals surface area (Å²) in [6, 6.07) is 3.49. The molecule has 5 fully saturated rings. The van der Waals surface area contributed by atoms with Crippen LogP contribution in [0.5, 0.6) is 0 Å². The molecular weight excluding hydrogens is 550 g/mol. The lowest BCUT2D eigenvalue weighted by Crippen LogP contribution is -2.55. The summed E-state index contributed by atoms with van der Waals surface area (Å²) in [4.78, 5) is 33.2. The van der Waals surface area contributed by atoms with Crippen LogP contribution < -0.4 is 5.32 Å². The number of nitrogens with one attached hydrogen (secondary N) is 1. The maximum Gasteiger partial charge on any atom is 0.240 e. The van der Waals surface area contributed by atoms with E-state index >= 15 is 0 Å². The Morgan fingerprint density at radius 2 is 1.74 bits per heavy atom. The van der Waals surface area contributed by atoms with Crippen molar-refractivity contribution in [2.24, 2.45) is 0 Å². The molecule has 232 valence electrons. The number of fused-ring (bicyclic) bond motifs is 6. The predicted molar refractivity (Wildman–Crippen MR) is 147 cm³/mol. The minimum atomic E-state index is -1.25. The van der Waals surface area contributed by atoms with Gasteiger partial charge in [-0.05, 0) is 37.0 Å². The Morgan fingerprint density at radius 1 is 0.952 bits per heavy atom. The molecule has 7 atom stereocenters. The van der Waals surface area contributed by atoms with E-state index in [9.17, 15) is 28.6 Å². The fraction of sp³-hybridized carbons (Fsp3) is 0.733. The van der Waals surface area contributed by atoms with E-state index in [1.807, 2.05) is 9.80 Å². The Balaban J connectivity index is 1.27. The van der Waals surface area contributed by atoms with Crippen LogP contribution in [0.2, 0.25) is 0 Å². The molecule has 10 nitrogen and oxygen atoms in total. The van der Waals surface area contributed by atoms with Crippen LogP contribution in [-0.4, -0.2) is 125 Å². The monoisotopic (exact) mass is 592 g/mol. The molecule has 1 aromatic rings. The van der Waals surface area contributed by atoms with Gasteiger partial charge in [0.15, 0.2) is 11.6 Å². The van der Waals surface area contributed by atoms with Crippen molar-refractivity contribution in [3.63, 3.8) is 0 Å². The molecule has 3 N–H and O–H groups in total. The van der Waals surface area contributed by atoms with Crippen molar-refractivity contribution in [3.05, 3.63) is 35.4 Å². The maximum absolute atomic E-state index is 14.0. The summed E-state index contributed by atoms with van der Waals surface area (Å²) < 4.78 is 39.8. The summed E-state index contributed by atoms with van der Waals surface area (Å²) in [5.41, 5.74) is 0.524. The molecule has 5 aliphatic rings. The van der Waals surface area contributed by atoms with Gasteiger partial charge in [0, 0.05) is 51.4 Å². The molecule has 6 rings (SSSR count). The van der Waals surface area contributed by atoms with E-state index in [0.717, 1.165) is 37.8 Å². The first-order valence-electron chi connectivity index (χ1n) is 15.4. The number of hydrogen-bond donors (Lipinski definition) is 3. The first-order chi connectivity index (χ1) is 20.2. The molecule has 0 unspecified atom stereocenters. The SMILES string of the molecule is O=C1C[C@@H]2O[C@H](CN(Cc3ccc(F)c(F)c3)C[C@@H]3CN(CCO3)C(=O)[C@@H]3C[C@@H](CN3C3CCCCC3)N1)[C@@H](O)[C@H]2O. The number of likely N-dealkylation sites (tertiary alicyclic amines) is 1. The zero-order valence-electron chi connectivity index (χ0n) is 23.9. The second kappa shape index (κ2) is 12.8. The van der Waals surface area contributed by atoms with Gasteiger partial charge in [-0.15, -0.1) is 0 Å². The summed E-state index contributed by atoms with van der Waals surface area (Å²) >= 11 is 0. The van der Waals surface area contributed by atoms with Crippen molar-refractivity contribution in [1.29, 1.82) is 0 Å². The number of amides is 2. The lowest BCUT2D eigenvalue weighted by Gasteiger charge is -2.40. The zero-order chi connectivity index (χ0) is 29.4. The average molecular weight is 593 g/mol. The molecule has 12 heteroatoms. The molecule has 4 aliphatic heterocycles. The minimum Gasteiger partial charge on any atom is -0.388 e. The highest BCUT2D eigenvalue weighted by Gasteiger charge is 2.47. The number of aliphatic hydroxyl groups is 2. The van der Waals surface area contributed by atoms with E-state index in [1.165, 1.54) is 12.5 Å². The number of carbonyl (C=O) groups is 2. The number of ether oxygens (including phenoxy) is 2. The largest absolute Gasteiger partial charge is 0.388 e. The first-order valence-corrected chi connectivity index (χ1v) is 15.4. The van der Waals surface area contributed by atoms with Crippen molar-refractivity contribution in [2.45, 2.75) is 100 Å². The van der Waals surface area contributed by atoms with Gasteiger partial charge >= 0.3 is 0 Å². The third-order valence-electron chi connectivity index (χ3n) is 9.62. The van der Waals surface area contributed by atoms with Gasteiger partial charge in [0.2, 0.25) is 11.8 Å². The quantitative estimate of drug-likeness (QED) is 0.472. The van der Waals surface area contributed by atoms with Crippen molar-refractivity contribution in [2.75, 3.05) is 39.3 Å². The summed E-state index contributed by atoms with van der Waals surface area (Å²) in [5.74, 6) is -2.12. The average Bonchev–Trinajstić information content (AvgIpc) is 3.51. The van der Waals surface area contributed by atoms with Crippen LogP contribution in [-0.2, 0) is 25.6 Å². The van der Waals surface area contributed by atoms with Gasteiger partial charge in [-0.3, -0.25) is 19.4 Å². The van der Waals surface area contributed by atoms with Gasteiger partial charge in [0.1, 0.15) is 12.2 Å². The van der Waals surface area contributed by atoms with Crippen LogP contribution in [0.4, 0.5) is 8.78 Å². The maximum atomic E-state index is 14.0. The van der Waals surface area contributed by atoms with Gasteiger partial charge < -0.3 is 29.9 Å². The minimum absolute atomic E-state index is 0.0547. The summed E-state index contributed by atoms with van der Waals surface area (Å²) in [5, 5.41) is 24.7. The van der Waals surface area contributed by atoms with Crippen LogP contribution in [0, 0.1) is 11.6 Å². The predicted octanol–water partition coefficient (Wildman–Crippen LogP) is 0.779. The van der Waals surface area contributed by atoms with Gasteiger partial charge in [-0.1, -0.05) is 25.3 Å². The highest BCUT2D eigenvalue weighted by molar-refractivity contribution is 5.83. The van der Waals surface area contributed by atoms with Crippen LogP contribution in [0.3, 0.4) is 0 Å². The number of halogens is 2. The van der Waals surface area contributed by atoms with E-state index in [4.69, 9.17) is 9.47 Å². The number of rotatable bonds is 3. The van der Waals surface area contributed by atoms with E-state index in [1.54, 1.807) is 0 Å². The van der Waals surface area contributed by atoms with Crippen LogP contribution in [0.1, 0.15) is 50.5 Å². The Hall–Kier alpha value is -2.22. The van der Waals surface area contributed by atoms with Gasteiger partial charge in [-0.25, -0.2) is 8.78 Å². The first kappa shape index (κ1) is 29.8. The van der Waals surface area contributed by atoms with Crippen LogP contribution in [0.15, 0.2) is 18.2 Å². The van der Waals surface area contributed by atoms with Crippen molar-refractivity contribution >= 4 is 11.8 Å². The fourth-order valence-electron chi connectivity index (χ4n) is 7.52. The summed E-state index contributed by atoms with van der Waals surface area (Å²) in [7, 11) is 0. The molecule has 42 heavy (non-hydrogen) atoms. The molecule has 6 bridgehead atoms. The number of benzene rings is 1. The Morgan fingerprint density at radius 3 is 2.52 bits per heavy atom. The van der Waals surface area contributed by atoms with Crippen LogP contribution >= 0.6 is 0 Å².